The van der Waals surface area contributed by atoms with E-state index in [-0.39, 0.29) is 91.6 Å². The van der Waals surface area contributed by atoms with E-state index in [1.807, 2.05) is 0 Å². The molecule has 0 heterocycles. The molecule has 0 amide bonds. The van der Waals surface area contributed by atoms with Crippen LogP contribution in [0.15, 0.2) is 0 Å². The van der Waals surface area contributed by atoms with Crippen molar-refractivity contribution in [3.8, 4) is 0 Å². The van der Waals surface area contributed by atoms with Gasteiger partial charge in [-0.05, 0) is 0 Å². The smallest absolute Gasteiger partial charge is 1.00 e. The molecular weight excluding hydrogens is 169 g/mol. The van der Waals surface area contributed by atoms with Crippen LogP contribution in [0.1, 0.15) is 1.43 Å². The van der Waals surface area contributed by atoms with Gasteiger partial charge in [-0.3, -0.25) is 0 Å². The second-order valence-electron chi connectivity index (χ2n) is 0. The second-order valence-corrected chi connectivity index (χ2v) is 0. The van der Waals surface area contributed by atoms with E-state index in [1.165, 1.54) is 0 Å². The maximum atomic E-state index is 6.25. The zero-order chi connectivity index (χ0) is 2.00. The predicted molar refractivity (Wildman–Crippen MR) is 6.08 cm³/mol. The third-order valence-electron chi connectivity index (χ3n) is 0. The van der Waals surface area contributed by atoms with Gasteiger partial charge in [0.15, 0.2) is 0 Å². The molecule has 0 radical (unpaired) electrons. The average molecular weight is 170 g/mol. The normalized spacial score (nSPS) is 0.400. The van der Waals surface area contributed by atoms with Crippen LogP contribution in [0.5, 0.6) is 0 Å². The number of rotatable bonds is 0. The zero-order valence-electron chi connectivity index (χ0n) is 3.80. The van der Waals surface area contributed by atoms with Crippen molar-refractivity contribution in [3.05, 3.63) is 6.57 Å². The van der Waals surface area contributed by atoms with E-state index in [0.717, 1.165) is 0 Å². The molecule has 0 spiro atoms. The van der Waals surface area contributed by atoms with E-state index in [0.29, 0.717) is 0 Å². The van der Waals surface area contributed by atoms with Crippen molar-refractivity contribution < 1.29 is 91.6 Å². The van der Waals surface area contributed by atoms with Gasteiger partial charge in [0.1, 0.15) is 0 Å². The zero-order valence-corrected chi connectivity index (χ0v) is 8.59. The Balaban J connectivity index is -0.000000000833. The van der Waals surface area contributed by atoms with E-state index in [2.05, 4.69) is 0 Å². The minimum absolute atomic E-state index is 0. The molecule has 0 rings (SSSR count). The molecule has 0 atom stereocenters. The maximum Gasteiger partial charge on any atom is 1.00 e. The minimum Gasteiger partial charge on any atom is -1.00 e. The predicted octanol–water partition coefficient (Wildman–Crippen LogP) is -2.79. The Morgan fingerprint density at radius 1 is 1.40 bits per heavy atom. The standard InChI is InChI=1S/CN.Fe.K.Ti.H/c1-2;;;;/q-1;;+1;;-1. The Bertz CT molecular complexity index is 20.3. The third-order valence-corrected chi connectivity index (χ3v) is 0. The molecular formula is CHFeKNTi-. The molecule has 4 heteroatoms. The molecule has 0 aromatic carbocycles. The van der Waals surface area contributed by atoms with Crippen molar-refractivity contribution >= 4 is 0 Å². The monoisotopic (exact) mass is 170 g/mol. The van der Waals surface area contributed by atoms with Crippen molar-refractivity contribution in [2.75, 3.05) is 0 Å². The summed E-state index contributed by atoms with van der Waals surface area (Å²) in [7, 11) is 0. The first-order valence-electron chi connectivity index (χ1n) is 0.224. The van der Waals surface area contributed by atoms with Crippen LogP contribution in [-0.4, -0.2) is 0 Å². The summed E-state index contributed by atoms with van der Waals surface area (Å²) in [4.78, 5) is 0. The fraction of sp³-hybridized carbons (Fsp3) is 0. The van der Waals surface area contributed by atoms with E-state index < -0.39 is 0 Å². The van der Waals surface area contributed by atoms with Gasteiger partial charge < -0.3 is 13.3 Å². The number of hydrogen-bond acceptors (Lipinski definition) is 1. The molecule has 0 unspecified atom stereocenters. The van der Waals surface area contributed by atoms with Crippen LogP contribution in [0.3, 0.4) is 0 Å². The third kappa shape index (κ3) is 21.7. The molecule has 0 aliphatic carbocycles. The Morgan fingerprint density at radius 3 is 1.40 bits per heavy atom. The van der Waals surface area contributed by atoms with Gasteiger partial charge in [-0.15, -0.1) is 0 Å². The van der Waals surface area contributed by atoms with Gasteiger partial charge in [-0.2, -0.15) is 0 Å². The van der Waals surface area contributed by atoms with Crippen LogP contribution in [0.2, 0.25) is 0 Å². The van der Waals surface area contributed by atoms with Crippen molar-refractivity contribution in [1.29, 1.82) is 5.26 Å². The summed E-state index contributed by atoms with van der Waals surface area (Å²) >= 11 is 0. The van der Waals surface area contributed by atoms with Crippen molar-refractivity contribution in [2.24, 2.45) is 0 Å². The molecule has 0 N–H and O–H groups in total. The topological polar surface area (TPSA) is 23.8 Å². The van der Waals surface area contributed by atoms with E-state index in [1.54, 1.807) is 0 Å². The van der Waals surface area contributed by atoms with Crippen LogP contribution in [0.25, 0.3) is 0 Å². The van der Waals surface area contributed by atoms with E-state index in [4.69, 9.17) is 11.8 Å². The van der Waals surface area contributed by atoms with Gasteiger partial charge in [0.2, 0.25) is 0 Å². The first kappa shape index (κ1) is 26.4. The van der Waals surface area contributed by atoms with Crippen molar-refractivity contribution in [2.45, 2.75) is 0 Å². The van der Waals surface area contributed by atoms with Gasteiger partial charge >= 0.3 is 51.4 Å². The molecule has 0 aliphatic heterocycles. The van der Waals surface area contributed by atoms with Crippen molar-refractivity contribution in [1.82, 2.24) is 0 Å². The van der Waals surface area contributed by atoms with Crippen molar-refractivity contribution in [3.63, 3.8) is 0 Å². The molecule has 0 saturated carbocycles. The molecule has 24 valence electrons. The quantitative estimate of drug-likeness (QED) is 0.284. The SMILES string of the molecule is [C-]#N.[Fe].[H-].[K+].[Ti]. The Hall–Kier alpha value is 2.36. The van der Waals surface area contributed by atoms with E-state index in [9.17, 15) is 0 Å². The molecule has 1 nitrogen and oxygen atoms in total. The summed E-state index contributed by atoms with van der Waals surface area (Å²) in [6, 6.07) is 0. The maximum absolute atomic E-state index is 6.25. The fourth-order valence-corrected chi connectivity index (χ4v) is 0. The number of hydrogen-bond donors (Lipinski definition) is 0. The van der Waals surface area contributed by atoms with Crippen LogP contribution >= 0.6 is 0 Å². The Kier molecular flexibility index (Phi) is 173. The number of nitrogens with zero attached hydrogens (tertiary/aromatic N) is 1. The largest absolute Gasteiger partial charge is 1.00 e. The second kappa shape index (κ2) is 32.8. The van der Waals surface area contributed by atoms with Crippen LogP contribution < -0.4 is 51.4 Å². The summed E-state index contributed by atoms with van der Waals surface area (Å²) < 4.78 is 0. The van der Waals surface area contributed by atoms with E-state index >= 15 is 0 Å². The Morgan fingerprint density at radius 2 is 1.40 bits per heavy atom. The molecule has 0 aromatic heterocycles. The van der Waals surface area contributed by atoms with Gasteiger partial charge in [0, 0.05) is 38.8 Å². The molecule has 0 aliphatic rings. The minimum atomic E-state index is 0. The Labute approximate surface area is 101 Å². The molecule has 0 aromatic rings. The van der Waals surface area contributed by atoms with Gasteiger partial charge in [-0.25, -0.2) is 0 Å². The summed E-state index contributed by atoms with van der Waals surface area (Å²) in [6.45, 7) is 4.75. The summed E-state index contributed by atoms with van der Waals surface area (Å²) in [5.74, 6) is 0. The average Bonchev–Trinajstić information content (AvgIpc) is 1.00. The first-order valence-corrected chi connectivity index (χ1v) is 0.224. The van der Waals surface area contributed by atoms with Gasteiger partial charge in [0.25, 0.3) is 0 Å². The van der Waals surface area contributed by atoms with Crippen LogP contribution in [0, 0.1) is 11.8 Å². The molecule has 0 bridgehead atoms. The molecule has 5 heavy (non-hydrogen) atoms. The molecule has 0 fully saturated rings. The summed E-state index contributed by atoms with van der Waals surface area (Å²) in [5, 5.41) is 6.25. The van der Waals surface area contributed by atoms with Gasteiger partial charge in [0.05, 0.1) is 0 Å². The summed E-state index contributed by atoms with van der Waals surface area (Å²) in [5.41, 5.74) is 0. The summed E-state index contributed by atoms with van der Waals surface area (Å²) in [6.07, 6.45) is 0. The first-order chi connectivity index (χ1) is 1.00. The molecule has 0 saturated heterocycles. The van der Waals surface area contributed by atoms with Gasteiger partial charge in [-0.1, -0.05) is 0 Å². The van der Waals surface area contributed by atoms with Crippen LogP contribution in [-0.2, 0) is 38.8 Å². The fourth-order valence-electron chi connectivity index (χ4n) is 0. The van der Waals surface area contributed by atoms with Crippen LogP contribution in [0.4, 0.5) is 0 Å².